The van der Waals surface area contributed by atoms with Crippen LogP contribution < -0.4 is 14.8 Å². The highest BCUT2D eigenvalue weighted by Gasteiger charge is 2.23. The van der Waals surface area contributed by atoms with Crippen molar-refractivity contribution >= 4 is 5.91 Å². The molecule has 21 heavy (non-hydrogen) atoms. The normalized spacial score (nSPS) is 18.0. The monoisotopic (exact) mass is 292 g/mol. The maximum Gasteiger partial charge on any atom is 0.239 e. The quantitative estimate of drug-likeness (QED) is 0.873. The molecule has 1 saturated heterocycles. The van der Waals surface area contributed by atoms with Crippen molar-refractivity contribution in [2.45, 2.75) is 32.4 Å². The molecule has 1 fully saturated rings. The number of hydrogen-bond acceptors (Lipinski definition) is 5. The number of hydrogen-bond donors (Lipinski definition) is 2. The minimum atomic E-state index is -0.270. The van der Waals surface area contributed by atoms with E-state index in [1.54, 1.807) is 12.1 Å². The zero-order valence-electron chi connectivity index (χ0n) is 12.1. The van der Waals surface area contributed by atoms with Gasteiger partial charge in [-0.15, -0.1) is 0 Å². The number of rotatable bonds is 4. The van der Waals surface area contributed by atoms with Crippen molar-refractivity contribution in [2.75, 3.05) is 19.9 Å². The van der Waals surface area contributed by atoms with Crippen LogP contribution in [-0.2, 0) is 11.3 Å². The van der Waals surface area contributed by atoms with Gasteiger partial charge in [0, 0.05) is 31.3 Å². The Morgan fingerprint density at radius 2 is 2.00 bits per heavy atom. The van der Waals surface area contributed by atoms with Gasteiger partial charge in [-0.05, 0) is 25.8 Å². The first-order valence-corrected chi connectivity index (χ1v) is 7.29. The maximum atomic E-state index is 12.2. The topological polar surface area (TPSA) is 71.0 Å². The van der Waals surface area contributed by atoms with E-state index in [0.717, 1.165) is 25.9 Å². The predicted octanol–water partition coefficient (Wildman–Crippen LogP) is 1.22. The number of aromatic hydroxyl groups is 1. The molecule has 2 heterocycles. The third-order valence-electron chi connectivity index (χ3n) is 3.96. The molecule has 0 aromatic heterocycles. The standard InChI is InChI=1S/C15H20N2O4/c1-10(15(19)17-4-2-3-5-17)16-8-11-6-13-14(7-12(11)18)21-9-20-13/h6-7,10,16,18H,2-5,8-9H2,1H3. The van der Waals surface area contributed by atoms with Gasteiger partial charge in [-0.2, -0.15) is 0 Å². The fourth-order valence-electron chi connectivity index (χ4n) is 2.68. The second kappa shape index (κ2) is 5.81. The number of ether oxygens (including phenoxy) is 2. The molecule has 1 atom stereocenters. The van der Waals surface area contributed by atoms with Crippen molar-refractivity contribution in [1.82, 2.24) is 10.2 Å². The van der Waals surface area contributed by atoms with E-state index in [1.807, 2.05) is 11.8 Å². The van der Waals surface area contributed by atoms with Crippen LogP contribution in [0.1, 0.15) is 25.3 Å². The lowest BCUT2D eigenvalue weighted by Crippen LogP contribution is -2.43. The molecule has 0 aliphatic carbocycles. The first-order valence-electron chi connectivity index (χ1n) is 7.29. The molecule has 0 radical (unpaired) electrons. The molecule has 2 N–H and O–H groups in total. The Labute approximate surface area is 123 Å². The summed E-state index contributed by atoms with van der Waals surface area (Å²) >= 11 is 0. The van der Waals surface area contributed by atoms with Gasteiger partial charge < -0.3 is 24.8 Å². The van der Waals surface area contributed by atoms with Crippen molar-refractivity contribution in [3.8, 4) is 17.2 Å². The van der Waals surface area contributed by atoms with Crippen LogP contribution in [0.25, 0.3) is 0 Å². The highest BCUT2D eigenvalue weighted by molar-refractivity contribution is 5.81. The molecule has 0 bridgehead atoms. The maximum absolute atomic E-state index is 12.2. The Hall–Kier alpha value is -1.95. The van der Waals surface area contributed by atoms with Crippen molar-refractivity contribution in [1.29, 1.82) is 0 Å². The van der Waals surface area contributed by atoms with Gasteiger partial charge in [0.15, 0.2) is 11.5 Å². The van der Waals surface area contributed by atoms with Crippen molar-refractivity contribution in [2.24, 2.45) is 0 Å². The van der Waals surface area contributed by atoms with Gasteiger partial charge in [0.1, 0.15) is 5.75 Å². The van der Waals surface area contributed by atoms with E-state index in [0.29, 0.717) is 23.6 Å². The molecule has 1 aromatic rings. The van der Waals surface area contributed by atoms with Crippen LogP contribution >= 0.6 is 0 Å². The first kappa shape index (κ1) is 14.0. The van der Waals surface area contributed by atoms with Crippen LogP contribution in [0.15, 0.2) is 12.1 Å². The Morgan fingerprint density at radius 1 is 1.33 bits per heavy atom. The summed E-state index contributed by atoms with van der Waals surface area (Å²) in [5, 5.41) is 13.1. The number of nitrogens with one attached hydrogen (secondary N) is 1. The number of amides is 1. The minimum absolute atomic E-state index is 0.118. The number of phenolic OH excluding ortho intramolecular Hbond substituents is 1. The smallest absolute Gasteiger partial charge is 0.239 e. The third kappa shape index (κ3) is 2.90. The Bertz CT molecular complexity index is 541. The molecule has 1 amide bonds. The number of phenols is 1. The summed E-state index contributed by atoms with van der Waals surface area (Å²) in [6.45, 7) is 4.13. The molecule has 0 spiro atoms. The third-order valence-corrected chi connectivity index (χ3v) is 3.96. The van der Waals surface area contributed by atoms with Crippen LogP contribution in [0.5, 0.6) is 17.2 Å². The van der Waals surface area contributed by atoms with Crippen molar-refractivity contribution in [3.63, 3.8) is 0 Å². The second-order valence-corrected chi connectivity index (χ2v) is 5.47. The molecule has 6 nitrogen and oxygen atoms in total. The molecule has 1 aromatic carbocycles. The molecule has 3 rings (SSSR count). The van der Waals surface area contributed by atoms with Crippen molar-refractivity contribution in [3.05, 3.63) is 17.7 Å². The SMILES string of the molecule is CC(NCc1cc2c(cc1O)OCO2)C(=O)N1CCCC1. The van der Waals surface area contributed by atoms with E-state index >= 15 is 0 Å². The summed E-state index contributed by atoms with van der Waals surface area (Å²) in [6.07, 6.45) is 2.17. The molecule has 0 saturated carbocycles. The first-order chi connectivity index (χ1) is 10.1. The molecule has 1 unspecified atom stereocenters. The lowest BCUT2D eigenvalue weighted by molar-refractivity contribution is -0.131. The summed E-state index contributed by atoms with van der Waals surface area (Å²) < 4.78 is 10.5. The van der Waals surface area contributed by atoms with Gasteiger partial charge in [-0.3, -0.25) is 4.79 Å². The largest absolute Gasteiger partial charge is 0.507 e. The van der Waals surface area contributed by atoms with Crippen molar-refractivity contribution < 1.29 is 19.4 Å². The summed E-state index contributed by atoms with van der Waals surface area (Å²) in [5.41, 5.74) is 0.695. The number of carbonyl (C=O) groups is 1. The highest BCUT2D eigenvalue weighted by atomic mass is 16.7. The lowest BCUT2D eigenvalue weighted by atomic mass is 10.1. The molecule has 6 heteroatoms. The Morgan fingerprint density at radius 3 is 2.71 bits per heavy atom. The summed E-state index contributed by atoms with van der Waals surface area (Å²) in [5.74, 6) is 1.45. The summed E-state index contributed by atoms with van der Waals surface area (Å²) in [4.78, 5) is 14.1. The van der Waals surface area contributed by atoms with Gasteiger partial charge in [0.05, 0.1) is 6.04 Å². The summed E-state index contributed by atoms with van der Waals surface area (Å²) in [7, 11) is 0. The van der Waals surface area contributed by atoms with E-state index in [1.165, 1.54) is 0 Å². The fourth-order valence-corrected chi connectivity index (χ4v) is 2.68. The molecule has 114 valence electrons. The van der Waals surface area contributed by atoms with Gasteiger partial charge in [0.25, 0.3) is 0 Å². The number of likely N-dealkylation sites (tertiary alicyclic amines) is 1. The van der Waals surface area contributed by atoms with E-state index in [9.17, 15) is 9.90 Å². The molecule has 2 aliphatic heterocycles. The van der Waals surface area contributed by atoms with Crippen LogP contribution in [0.4, 0.5) is 0 Å². The second-order valence-electron chi connectivity index (χ2n) is 5.47. The molecular weight excluding hydrogens is 272 g/mol. The number of nitrogens with zero attached hydrogens (tertiary/aromatic N) is 1. The van der Waals surface area contributed by atoms with Crippen LogP contribution in [0, 0.1) is 0 Å². The molecule has 2 aliphatic rings. The van der Waals surface area contributed by atoms with Crippen LogP contribution in [-0.4, -0.2) is 41.8 Å². The minimum Gasteiger partial charge on any atom is -0.507 e. The van der Waals surface area contributed by atoms with Gasteiger partial charge in [-0.25, -0.2) is 0 Å². The zero-order valence-corrected chi connectivity index (χ0v) is 12.1. The van der Waals surface area contributed by atoms with E-state index in [-0.39, 0.29) is 24.5 Å². The molecular formula is C15H20N2O4. The highest BCUT2D eigenvalue weighted by Crippen LogP contribution is 2.37. The number of benzene rings is 1. The van der Waals surface area contributed by atoms with Gasteiger partial charge in [-0.1, -0.05) is 0 Å². The average molecular weight is 292 g/mol. The number of carbonyl (C=O) groups excluding carboxylic acids is 1. The predicted molar refractivity (Wildman–Crippen MR) is 76.3 cm³/mol. The number of fused-ring (bicyclic) bond motifs is 1. The Kier molecular flexibility index (Phi) is 3.88. The van der Waals surface area contributed by atoms with E-state index in [4.69, 9.17) is 9.47 Å². The average Bonchev–Trinajstić information content (AvgIpc) is 3.14. The van der Waals surface area contributed by atoms with Crippen LogP contribution in [0.2, 0.25) is 0 Å². The van der Waals surface area contributed by atoms with Crippen LogP contribution in [0.3, 0.4) is 0 Å². The Balaban J connectivity index is 1.60. The van der Waals surface area contributed by atoms with E-state index in [2.05, 4.69) is 5.32 Å². The fraction of sp³-hybridized carbons (Fsp3) is 0.533. The lowest BCUT2D eigenvalue weighted by Gasteiger charge is -2.21. The van der Waals surface area contributed by atoms with E-state index < -0.39 is 0 Å². The zero-order chi connectivity index (χ0) is 14.8. The van der Waals surface area contributed by atoms with Gasteiger partial charge >= 0.3 is 0 Å². The van der Waals surface area contributed by atoms with Gasteiger partial charge in [0.2, 0.25) is 12.7 Å². The summed E-state index contributed by atoms with van der Waals surface area (Å²) in [6, 6.07) is 3.03.